The minimum atomic E-state index is -0.899. The number of hydrogen-bond donors (Lipinski definition) is 1. The zero-order valence-corrected chi connectivity index (χ0v) is 10.1. The second-order valence-corrected chi connectivity index (χ2v) is 5.00. The molecule has 1 aromatic rings. The van der Waals surface area contributed by atoms with Crippen molar-refractivity contribution in [2.75, 3.05) is 0 Å². The van der Waals surface area contributed by atoms with E-state index in [0.717, 1.165) is 23.1 Å². The molecule has 1 N–H and O–H groups in total. The average Bonchev–Trinajstić information content (AvgIpc) is 2.54. The van der Waals surface area contributed by atoms with Crippen LogP contribution in [0, 0.1) is 0 Å². The van der Waals surface area contributed by atoms with E-state index in [1.807, 2.05) is 0 Å². The molecule has 1 nitrogen and oxygen atoms in total. The summed E-state index contributed by atoms with van der Waals surface area (Å²) in [4.78, 5) is 0. The van der Waals surface area contributed by atoms with Gasteiger partial charge in [0.05, 0.1) is 0 Å². The van der Waals surface area contributed by atoms with Gasteiger partial charge in [-0.25, -0.2) is 4.39 Å². The Morgan fingerprint density at radius 2 is 2.12 bits per heavy atom. The molecule has 2 heteroatoms. The maximum absolute atomic E-state index is 13.9. The molecule has 2 unspecified atom stereocenters. The molecule has 0 radical (unpaired) electrons. The summed E-state index contributed by atoms with van der Waals surface area (Å²) in [6, 6.07) is 3.39. The highest BCUT2D eigenvalue weighted by atomic mass is 19.1. The molecule has 16 heavy (non-hydrogen) atoms. The van der Waals surface area contributed by atoms with Crippen LogP contribution in [0.25, 0.3) is 0 Å². The van der Waals surface area contributed by atoms with Gasteiger partial charge in [0.15, 0.2) is 0 Å². The highest BCUT2D eigenvalue weighted by Crippen LogP contribution is 2.48. The smallest absolute Gasteiger partial charge is 0.126 e. The van der Waals surface area contributed by atoms with E-state index in [1.165, 1.54) is 0 Å². The van der Waals surface area contributed by atoms with Gasteiger partial charge in [-0.2, -0.15) is 0 Å². The SMILES string of the molecule is CCC1CC(F)c2cc(O)cc(C(C)C)c21. The van der Waals surface area contributed by atoms with E-state index in [2.05, 4.69) is 20.8 Å². The van der Waals surface area contributed by atoms with Crippen LogP contribution >= 0.6 is 0 Å². The summed E-state index contributed by atoms with van der Waals surface area (Å²) in [6.07, 6.45) is 0.650. The highest BCUT2D eigenvalue weighted by molar-refractivity contribution is 5.49. The first-order valence-electron chi connectivity index (χ1n) is 6.05. The van der Waals surface area contributed by atoms with Crippen molar-refractivity contribution in [3.63, 3.8) is 0 Å². The Morgan fingerprint density at radius 1 is 1.44 bits per heavy atom. The minimum absolute atomic E-state index is 0.196. The molecule has 0 heterocycles. The van der Waals surface area contributed by atoms with Gasteiger partial charge in [0, 0.05) is 0 Å². The van der Waals surface area contributed by atoms with E-state index in [1.54, 1.807) is 12.1 Å². The molecule has 1 aliphatic rings. The van der Waals surface area contributed by atoms with E-state index < -0.39 is 6.17 Å². The molecule has 1 aromatic carbocycles. The van der Waals surface area contributed by atoms with Crippen LogP contribution in [-0.4, -0.2) is 5.11 Å². The van der Waals surface area contributed by atoms with Crippen molar-refractivity contribution in [3.05, 3.63) is 28.8 Å². The molecule has 0 aliphatic heterocycles. The number of rotatable bonds is 2. The van der Waals surface area contributed by atoms with Crippen LogP contribution in [0.1, 0.15) is 68.3 Å². The molecule has 2 rings (SSSR count). The maximum Gasteiger partial charge on any atom is 0.126 e. The molecule has 0 saturated carbocycles. The van der Waals surface area contributed by atoms with E-state index in [-0.39, 0.29) is 5.75 Å². The zero-order valence-electron chi connectivity index (χ0n) is 10.1. The second-order valence-electron chi connectivity index (χ2n) is 5.00. The van der Waals surface area contributed by atoms with Crippen molar-refractivity contribution in [2.45, 2.75) is 51.6 Å². The lowest BCUT2D eigenvalue weighted by atomic mass is 9.88. The van der Waals surface area contributed by atoms with Crippen LogP contribution < -0.4 is 0 Å². The first-order chi connectivity index (χ1) is 7.54. The zero-order chi connectivity index (χ0) is 11.9. The Bertz CT molecular complexity index is 398. The van der Waals surface area contributed by atoms with Crippen molar-refractivity contribution in [2.24, 2.45) is 0 Å². The lowest BCUT2D eigenvalue weighted by molar-refractivity contribution is 0.326. The summed E-state index contributed by atoms with van der Waals surface area (Å²) < 4.78 is 13.9. The molecule has 0 bridgehead atoms. The number of aromatic hydroxyl groups is 1. The van der Waals surface area contributed by atoms with E-state index >= 15 is 0 Å². The molecular formula is C14H19FO. The normalized spacial score (nSPS) is 23.8. The number of phenolic OH excluding ortho intramolecular Hbond substituents is 1. The van der Waals surface area contributed by atoms with Crippen molar-refractivity contribution >= 4 is 0 Å². The van der Waals surface area contributed by atoms with Gasteiger partial charge in [0.2, 0.25) is 0 Å². The van der Waals surface area contributed by atoms with Gasteiger partial charge in [-0.3, -0.25) is 0 Å². The van der Waals surface area contributed by atoms with Crippen molar-refractivity contribution in [1.82, 2.24) is 0 Å². The van der Waals surface area contributed by atoms with E-state index in [0.29, 0.717) is 18.3 Å². The fourth-order valence-electron chi connectivity index (χ4n) is 2.76. The van der Waals surface area contributed by atoms with Crippen LogP contribution in [-0.2, 0) is 0 Å². The molecule has 0 aromatic heterocycles. The quantitative estimate of drug-likeness (QED) is 0.785. The third kappa shape index (κ3) is 1.70. The molecule has 1 aliphatic carbocycles. The van der Waals surface area contributed by atoms with Gasteiger partial charge in [-0.05, 0) is 53.5 Å². The number of alkyl halides is 1. The fraction of sp³-hybridized carbons (Fsp3) is 0.571. The third-order valence-corrected chi connectivity index (χ3v) is 3.58. The molecular weight excluding hydrogens is 203 g/mol. The van der Waals surface area contributed by atoms with Crippen LogP contribution in [0.3, 0.4) is 0 Å². The van der Waals surface area contributed by atoms with Gasteiger partial charge in [0.1, 0.15) is 11.9 Å². The molecule has 88 valence electrons. The summed E-state index contributed by atoms with van der Waals surface area (Å²) in [5, 5.41) is 9.64. The van der Waals surface area contributed by atoms with Crippen molar-refractivity contribution < 1.29 is 9.50 Å². The molecule has 0 amide bonds. The van der Waals surface area contributed by atoms with E-state index in [9.17, 15) is 9.50 Å². The average molecular weight is 222 g/mol. The highest BCUT2D eigenvalue weighted by Gasteiger charge is 2.33. The molecule has 0 spiro atoms. The minimum Gasteiger partial charge on any atom is -0.508 e. The lowest BCUT2D eigenvalue weighted by Crippen LogP contribution is -2.00. The monoisotopic (exact) mass is 222 g/mol. The van der Waals surface area contributed by atoms with E-state index in [4.69, 9.17) is 0 Å². The largest absolute Gasteiger partial charge is 0.508 e. The molecule has 0 fully saturated rings. The van der Waals surface area contributed by atoms with Crippen LogP contribution in [0.5, 0.6) is 5.75 Å². The Balaban J connectivity index is 2.60. The molecule has 2 atom stereocenters. The molecule has 0 saturated heterocycles. The number of hydrogen-bond acceptors (Lipinski definition) is 1. The first kappa shape index (κ1) is 11.4. The van der Waals surface area contributed by atoms with Crippen molar-refractivity contribution in [3.8, 4) is 5.75 Å². The number of phenols is 1. The summed E-state index contributed by atoms with van der Waals surface area (Å²) in [5.41, 5.74) is 2.99. The number of fused-ring (bicyclic) bond motifs is 1. The van der Waals surface area contributed by atoms with Crippen LogP contribution in [0.15, 0.2) is 12.1 Å². The Morgan fingerprint density at radius 3 is 2.69 bits per heavy atom. The Kier molecular flexibility index (Phi) is 2.92. The van der Waals surface area contributed by atoms with Crippen LogP contribution in [0.2, 0.25) is 0 Å². The Hall–Kier alpha value is -1.05. The second kappa shape index (κ2) is 4.08. The lowest BCUT2D eigenvalue weighted by Gasteiger charge is -2.17. The third-order valence-electron chi connectivity index (χ3n) is 3.58. The Labute approximate surface area is 96.3 Å². The fourth-order valence-corrected chi connectivity index (χ4v) is 2.76. The van der Waals surface area contributed by atoms with Gasteiger partial charge in [0.25, 0.3) is 0 Å². The summed E-state index contributed by atoms with van der Waals surface area (Å²) >= 11 is 0. The number of benzene rings is 1. The summed E-state index contributed by atoms with van der Waals surface area (Å²) in [5.74, 6) is 0.852. The van der Waals surface area contributed by atoms with Gasteiger partial charge in [-0.15, -0.1) is 0 Å². The topological polar surface area (TPSA) is 20.2 Å². The predicted molar refractivity (Wildman–Crippen MR) is 63.7 cm³/mol. The van der Waals surface area contributed by atoms with Gasteiger partial charge >= 0.3 is 0 Å². The van der Waals surface area contributed by atoms with Gasteiger partial charge < -0.3 is 5.11 Å². The predicted octanol–water partition coefficient (Wildman–Crippen LogP) is 4.42. The first-order valence-corrected chi connectivity index (χ1v) is 6.05. The summed E-state index contributed by atoms with van der Waals surface area (Å²) in [7, 11) is 0. The number of halogens is 1. The van der Waals surface area contributed by atoms with Gasteiger partial charge in [-0.1, -0.05) is 20.8 Å². The summed E-state index contributed by atoms with van der Waals surface area (Å²) in [6.45, 7) is 6.28. The van der Waals surface area contributed by atoms with Crippen molar-refractivity contribution in [1.29, 1.82) is 0 Å². The standard InChI is InChI=1S/C14H19FO/c1-4-9-5-13(15)12-7-10(16)6-11(8(2)3)14(9)12/h6-9,13,16H,4-5H2,1-3H3. The maximum atomic E-state index is 13.9. The van der Waals surface area contributed by atoms with Crippen LogP contribution in [0.4, 0.5) is 4.39 Å².